The Balaban J connectivity index is 1.53. The van der Waals surface area contributed by atoms with Crippen LogP contribution in [-0.4, -0.2) is 31.7 Å². The highest BCUT2D eigenvalue weighted by Gasteiger charge is 2.13. The number of anilines is 1. The van der Waals surface area contributed by atoms with Crippen LogP contribution in [0.1, 0.15) is 18.9 Å². The molecule has 8 heteroatoms. The van der Waals surface area contributed by atoms with E-state index in [0.717, 1.165) is 16.7 Å². The minimum atomic E-state index is -0.324. The topological polar surface area (TPSA) is 89.0 Å². The van der Waals surface area contributed by atoms with Gasteiger partial charge in [0.15, 0.2) is 0 Å². The van der Waals surface area contributed by atoms with E-state index in [0.29, 0.717) is 27.9 Å². The van der Waals surface area contributed by atoms with Crippen molar-refractivity contribution in [2.45, 2.75) is 19.8 Å². The number of nitrogens with zero attached hydrogens (tertiary/aromatic N) is 1. The van der Waals surface area contributed by atoms with E-state index in [1.165, 1.54) is 14.2 Å². The molecule has 0 spiro atoms. The predicted molar refractivity (Wildman–Crippen MR) is 135 cm³/mol. The van der Waals surface area contributed by atoms with Gasteiger partial charge in [-0.3, -0.25) is 9.59 Å². The normalized spacial score (nSPS) is 11.0. The smallest absolute Gasteiger partial charge is 0.244 e. The van der Waals surface area contributed by atoms with Crippen LogP contribution < -0.4 is 20.2 Å². The van der Waals surface area contributed by atoms with Crippen LogP contribution in [0.5, 0.6) is 11.5 Å². The zero-order valence-electron chi connectivity index (χ0n) is 19.2. The fourth-order valence-electron chi connectivity index (χ4n) is 3.25. The number of carbonyl (C=O) groups excluding carboxylic acids is 2. The van der Waals surface area contributed by atoms with Crippen molar-refractivity contribution < 1.29 is 19.1 Å². The molecular weight excluding hydrogens is 454 g/mol. The Morgan fingerprint density at radius 2 is 1.53 bits per heavy atom. The Kier molecular flexibility index (Phi) is 8.65. The van der Waals surface area contributed by atoms with Gasteiger partial charge < -0.3 is 14.8 Å². The molecule has 0 atom stereocenters. The van der Waals surface area contributed by atoms with E-state index < -0.39 is 0 Å². The lowest BCUT2D eigenvalue weighted by atomic mass is 10.0. The Morgan fingerprint density at radius 3 is 2.18 bits per heavy atom. The van der Waals surface area contributed by atoms with Gasteiger partial charge in [-0.15, -0.1) is 0 Å². The number of methoxy groups -OCH3 is 2. The molecule has 0 saturated heterocycles. The molecule has 7 nitrogen and oxygen atoms in total. The second-order valence-electron chi connectivity index (χ2n) is 7.53. The van der Waals surface area contributed by atoms with E-state index in [-0.39, 0.29) is 24.7 Å². The molecule has 3 aromatic rings. The van der Waals surface area contributed by atoms with Gasteiger partial charge in [0.2, 0.25) is 11.8 Å². The number of amides is 2. The summed E-state index contributed by atoms with van der Waals surface area (Å²) in [6, 6.07) is 21.0. The Morgan fingerprint density at radius 1 is 0.882 bits per heavy atom. The molecule has 0 saturated carbocycles. The molecule has 2 N–H and O–H groups in total. The van der Waals surface area contributed by atoms with Crippen LogP contribution in [0.3, 0.4) is 0 Å². The van der Waals surface area contributed by atoms with Crippen molar-refractivity contribution in [1.82, 2.24) is 5.43 Å². The summed E-state index contributed by atoms with van der Waals surface area (Å²) >= 11 is 6.09. The molecular formula is C26H26ClN3O4. The first-order valence-corrected chi connectivity index (χ1v) is 10.9. The number of halogens is 1. The molecule has 0 aliphatic heterocycles. The van der Waals surface area contributed by atoms with Gasteiger partial charge in [0.05, 0.1) is 37.8 Å². The van der Waals surface area contributed by atoms with Gasteiger partial charge in [-0.2, -0.15) is 5.10 Å². The molecule has 34 heavy (non-hydrogen) atoms. The second kappa shape index (κ2) is 11.9. The number of hydrogen-bond donors (Lipinski definition) is 2. The average Bonchev–Trinajstić information content (AvgIpc) is 2.84. The Bertz CT molecular complexity index is 1180. The fraction of sp³-hybridized carbons (Fsp3) is 0.192. The van der Waals surface area contributed by atoms with Gasteiger partial charge in [0.25, 0.3) is 0 Å². The highest BCUT2D eigenvalue weighted by Crippen LogP contribution is 2.35. The molecule has 176 valence electrons. The molecule has 2 amide bonds. The van der Waals surface area contributed by atoms with E-state index in [1.54, 1.807) is 19.1 Å². The maximum atomic E-state index is 12.4. The lowest BCUT2D eigenvalue weighted by Crippen LogP contribution is -2.23. The van der Waals surface area contributed by atoms with Crippen molar-refractivity contribution in [3.8, 4) is 22.6 Å². The van der Waals surface area contributed by atoms with Gasteiger partial charge in [-0.25, -0.2) is 5.43 Å². The number of hydrogen-bond acceptors (Lipinski definition) is 5. The molecule has 0 radical (unpaired) electrons. The molecule has 0 aromatic heterocycles. The van der Waals surface area contributed by atoms with Crippen molar-refractivity contribution in [3.05, 3.63) is 77.3 Å². The maximum Gasteiger partial charge on any atom is 0.244 e. The quantitative estimate of drug-likeness (QED) is 0.330. The van der Waals surface area contributed by atoms with Crippen molar-refractivity contribution in [1.29, 1.82) is 0 Å². The third-order valence-corrected chi connectivity index (χ3v) is 5.26. The van der Waals surface area contributed by atoms with Crippen molar-refractivity contribution in [2.75, 3.05) is 19.5 Å². The zero-order valence-corrected chi connectivity index (χ0v) is 20.0. The van der Waals surface area contributed by atoms with Gasteiger partial charge in [0.1, 0.15) is 11.5 Å². The van der Waals surface area contributed by atoms with E-state index >= 15 is 0 Å². The average molecular weight is 480 g/mol. The van der Waals surface area contributed by atoms with E-state index in [9.17, 15) is 9.59 Å². The third kappa shape index (κ3) is 6.83. The SMILES string of the molecule is COc1cc(NC(=O)CC(C)=NNC(=O)Cc2ccc(-c3ccccc3)cc2)c(OC)cc1Cl. The summed E-state index contributed by atoms with van der Waals surface area (Å²) in [5.41, 5.74) is 6.44. The van der Waals surface area contributed by atoms with Crippen molar-refractivity contribution in [2.24, 2.45) is 5.10 Å². The fourth-order valence-corrected chi connectivity index (χ4v) is 3.48. The lowest BCUT2D eigenvalue weighted by molar-refractivity contribution is -0.120. The monoisotopic (exact) mass is 479 g/mol. The van der Waals surface area contributed by atoms with Crippen LogP contribution in [0, 0.1) is 0 Å². The number of ether oxygens (including phenoxy) is 2. The largest absolute Gasteiger partial charge is 0.495 e. The van der Waals surface area contributed by atoms with E-state index in [2.05, 4.69) is 15.8 Å². The van der Waals surface area contributed by atoms with Crippen LogP contribution in [-0.2, 0) is 16.0 Å². The van der Waals surface area contributed by atoms with Gasteiger partial charge in [-0.1, -0.05) is 66.2 Å². The van der Waals surface area contributed by atoms with Crippen LogP contribution >= 0.6 is 11.6 Å². The first kappa shape index (κ1) is 24.8. The van der Waals surface area contributed by atoms with Crippen LogP contribution in [0.25, 0.3) is 11.1 Å². The standard InChI is InChI=1S/C26H26ClN3O4/c1-17(13-25(31)28-22-16-23(33-2)21(27)15-24(22)34-3)29-30-26(32)14-18-9-11-20(12-10-18)19-7-5-4-6-8-19/h4-12,15-16H,13-14H2,1-3H3,(H,28,31)(H,30,32). The second-order valence-corrected chi connectivity index (χ2v) is 7.94. The minimum Gasteiger partial charge on any atom is -0.495 e. The van der Waals surface area contributed by atoms with Crippen LogP contribution in [0.4, 0.5) is 5.69 Å². The molecule has 0 bridgehead atoms. The third-order valence-electron chi connectivity index (χ3n) is 4.96. The summed E-state index contributed by atoms with van der Waals surface area (Å²) in [7, 11) is 2.96. The highest BCUT2D eigenvalue weighted by molar-refractivity contribution is 6.32. The van der Waals surface area contributed by atoms with Crippen molar-refractivity contribution in [3.63, 3.8) is 0 Å². The summed E-state index contributed by atoms with van der Waals surface area (Å²) in [4.78, 5) is 24.7. The number of hydrazone groups is 1. The van der Waals surface area contributed by atoms with Crippen LogP contribution in [0.15, 0.2) is 71.8 Å². The Labute approximate surface area is 203 Å². The number of carbonyl (C=O) groups is 2. The predicted octanol–water partition coefficient (Wildman–Crippen LogP) is 5.09. The zero-order chi connectivity index (χ0) is 24.5. The van der Waals surface area contributed by atoms with Crippen molar-refractivity contribution >= 4 is 34.8 Å². The number of benzene rings is 3. The van der Waals surface area contributed by atoms with E-state index in [1.807, 2.05) is 54.6 Å². The number of nitrogens with one attached hydrogen (secondary N) is 2. The molecule has 3 aromatic carbocycles. The summed E-state index contributed by atoms with van der Waals surface area (Å²) in [5.74, 6) is 0.221. The molecule has 0 aliphatic carbocycles. The van der Waals surface area contributed by atoms with Gasteiger partial charge in [0, 0.05) is 17.8 Å². The minimum absolute atomic E-state index is 0.0137. The number of rotatable bonds is 9. The molecule has 0 heterocycles. The van der Waals surface area contributed by atoms with E-state index in [4.69, 9.17) is 21.1 Å². The molecule has 3 rings (SSSR count). The summed E-state index contributed by atoms with van der Waals surface area (Å²) in [5, 5.41) is 7.15. The van der Waals surface area contributed by atoms with Gasteiger partial charge in [-0.05, 0) is 23.6 Å². The summed E-state index contributed by atoms with van der Waals surface area (Å²) in [6.45, 7) is 1.66. The van der Waals surface area contributed by atoms with Gasteiger partial charge >= 0.3 is 0 Å². The summed E-state index contributed by atoms with van der Waals surface area (Å²) in [6.07, 6.45) is 0.167. The molecule has 0 unspecified atom stereocenters. The molecule has 0 aliphatic rings. The molecule has 0 fully saturated rings. The Hall–Kier alpha value is -3.84. The highest BCUT2D eigenvalue weighted by atomic mass is 35.5. The first-order chi connectivity index (χ1) is 16.4. The van der Waals surface area contributed by atoms with Crippen LogP contribution in [0.2, 0.25) is 5.02 Å². The first-order valence-electron chi connectivity index (χ1n) is 10.6. The lowest BCUT2D eigenvalue weighted by Gasteiger charge is -2.13. The maximum absolute atomic E-state index is 12.4. The summed E-state index contributed by atoms with van der Waals surface area (Å²) < 4.78 is 10.4.